The zero-order valence-electron chi connectivity index (χ0n) is 12.6. The number of hydrogen-bond acceptors (Lipinski definition) is 5. The summed E-state index contributed by atoms with van der Waals surface area (Å²) in [5.74, 6) is 1.01. The monoisotopic (exact) mass is 341 g/mol. The molecule has 23 heavy (non-hydrogen) atoms. The molecule has 0 saturated heterocycles. The van der Waals surface area contributed by atoms with Crippen LogP contribution in [-0.2, 0) is 0 Å². The molecule has 0 aliphatic carbocycles. The third-order valence-corrected chi connectivity index (χ3v) is 5.31. The van der Waals surface area contributed by atoms with Crippen LogP contribution in [0.4, 0.5) is 0 Å². The third-order valence-electron chi connectivity index (χ3n) is 3.29. The number of methoxy groups -OCH3 is 1. The lowest BCUT2D eigenvalue weighted by Gasteiger charge is -2.06. The molecule has 0 N–H and O–H groups in total. The molecule has 5 heteroatoms. The molecule has 0 saturated carbocycles. The first kappa shape index (κ1) is 15.8. The van der Waals surface area contributed by atoms with E-state index in [2.05, 4.69) is 4.98 Å². The van der Waals surface area contributed by atoms with Gasteiger partial charge in [0, 0.05) is 10.9 Å². The van der Waals surface area contributed by atoms with Gasteiger partial charge in [-0.05, 0) is 12.1 Å². The SMILES string of the molecule is COc1ccccc1C(=O)CSc1nc(-c2ccccc2)cs1. The van der Waals surface area contributed by atoms with Crippen LogP contribution in [0.15, 0.2) is 64.3 Å². The molecule has 0 aliphatic heterocycles. The lowest BCUT2D eigenvalue weighted by Crippen LogP contribution is -2.04. The van der Waals surface area contributed by atoms with E-state index in [4.69, 9.17) is 4.74 Å². The van der Waals surface area contributed by atoms with E-state index in [1.165, 1.54) is 11.8 Å². The van der Waals surface area contributed by atoms with E-state index in [-0.39, 0.29) is 5.78 Å². The fraction of sp³-hybridized carbons (Fsp3) is 0.111. The zero-order chi connectivity index (χ0) is 16.1. The molecule has 1 aromatic heterocycles. The summed E-state index contributed by atoms with van der Waals surface area (Å²) in [5.41, 5.74) is 2.65. The van der Waals surface area contributed by atoms with Gasteiger partial charge in [0.2, 0.25) is 0 Å². The number of carbonyl (C=O) groups is 1. The highest BCUT2D eigenvalue weighted by Gasteiger charge is 2.13. The van der Waals surface area contributed by atoms with Crippen molar-refractivity contribution >= 4 is 28.9 Å². The number of carbonyl (C=O) groups excluding carboxylic acids is 1. The number of thiazole rings is 1. The van der Waals surface area contributed by atoms with Gasteiger partial charge in [0.1, 0.15) is 5.75 Å². The van der Waals surface area contributed by atoms with Crippen molar-refractivity contribution in [3.63, 3.8) is 0 Å². The maximum atomic E-state index is 12.4. The van der Waals surface area contributed by atoms with Crippen molar-refractivity contribution in [2.45, 2.75) is 4.34 Å². The fourth-order valence-electron chi connectivity index (χ4n) is 2.15. The number of aromatic nitrogens is 1. The van der Waals surface area contributed by atoms with Crippen molar-refractivity contribution in [1.29, 1.82) is 0 Å². The van der Waals surface area contributed by atoms with Crippen molar-refractivity contribution in [3.05, 3.63) is 65.5 Å². The Morgan fingerprint density at radius 1 is 1.13 bits per heavy atom. The minimum absolute atomic E-state index is 0.0453. The summed E-state index contributed by atoms with van der Waals surface area (Å²) >= 11 is 3.02. The molecule has 3 nitrogen and oxygen atoms in total. The Bertz CT molecular complexity index is 800. The van der Waals surface area contributed by atoms with Crippen LogP contribution in [0.2, 0.25) is 0 Å². The molecule has 0 radical (unpaired) electrons. The summed E-state index contributed by atoms with van der Waals surface area (Å²) in [6, 6.07) is 17.3. The number of thioether (sulfide) groups is 1. The smallest absolute Gasteiger partial charge is 0.176 e. The quantitative estimate of drug-likeness (QED) is 0.477. The average Bonchev–Trinajstić information content (AvgIpc) is 3.09. The molecule has 3 rings (SSSR count). The number of ketones is 1. The second-order valence-electron chi connectivity index (χ2n) is 4.78. The van der Waals surface area contributed by atoms with Crippen LogP contribution in [-0.4, -0.2) is 23.6 Å². The van der Waals surface area contributed by atoms with E-state index in [0.717, 1.165) is 15.6 Å². The van der Waals surface area contributed by atoms with E-state index >= 15 is 0 Å². The molecular formula is C18H15NO2S2. The summed E-state index contributed by atoms with van der Waals surface area (Å²) in [7, 11) is 1.58. The van der Waals surface area contributed by atoms with Gasteiger partial charge >= 0.3 is 0 Å². The van der Waals surface area contributed by atoms with Gasteiger partial charge in [-0.1, -0.05) is 54.2 Å². The largest absolute Gasteiger partial charge is 0.496 e. The minimum Gasteiger partial charge on any atom is -0.496 e. The van der Waals surface area contributed by atoms with Gasteiger partial charge in [-0.25, -0.2) is 4.98 Å². The lowest BCUT2D eigenvalue weighted by atomic mass is 10.1. The molecule has 3 aromatic rings. The number of ether oxygens (including phenoxy) is 1. The normalized spacial score (nSPS) is 10.5. The van der Waals surface area contributed by atoms with Crippen molar-refractivity contribution in [3.8, 4) is 17.0 Å². The summed E-state index contributed by atoms with van der Waals surface area (Å²) in [5, 5.41) is 2.02. The molecule has 0 bridgehead atoms. The maximum Gasteiger partial charge on any atom is 0.176 e. The second kappa shape index (κ2) is 7.44. The predicted molar refractivity (Wildman–Crippen MR) is 95.6 cm³/mol. The molecule has 1 heterocycles. The van der Waals surface area contributed by atoms with Crippen molar-refractivity contribution in [2.24, 2.45) is 0 Å². The Labute approximate surface area is 143 Å². The van der Waals surface area contributed by atoms with Gasteiger partial charge in [-0.2, -0.15) is 0 Å². The Balaban J connectivity index is 1.67. The molecule has 0 unspecified atom stereocenters. The van der Waals surface area contributed by atoms with Crippen LogP contribution in [0.5, 0.6) is 5.75 Å². The van der Waals surface area contributed by atoms with Gasteiger partial charge in [0.15, 0.2) is 10.1 Å². The van der Waals surface area contributed by atoms with Crippen molar-refractivity contribution in [2.75, 3.05) is 12.9 Å². The summed E-state index contributed by atoms with van der Waals surface area (Å²) in [6.45, 7) is 0. The van der Waals surface area contributed by atoms with Crippen LogP contribution in [0.25, 0.3) is 11.3 Å². The Hall–Kier alpha value is -2.11. The minimum atomic E-state index is 0.0453. The van der Waals surface area contributed by atoms with Gasteiger partial charge in [0.05, 0.1) is 24.1 Å². The summed E-state index contributed by atoms with van der Waals surface area (Å²) in [6.07, 6.45) is 0. The number of Topliss-reactive ketones (excluding diaryl/α,β-unsaturated/α-hetero) is 1. The topological polar surface area (TPSA) is 39.2 Å². The maximum absolute atomic E-state index is 12.4. The second-order valence-corrected chi connectivity index (χ2v) is 6.86. The molecule has 0 fully saturated rings. The highest BCUT2D eigenvalue weighted by molar-refractivity contribution is 8.01. The molecule has 0 amide bonds. The first-order valence-electron chi connectivity index (χ1n) is 7.08. The molecule has 0 aliphatic rings. The van der Waals surface area contributed by atoms with E-state index < -0.39 is 0 Å². The van der Waals surface area contributed by atoms with Gasteiger partial charge in [0.25, 0.3) is 0 Å². The van der Waals surface area contributed by atoms with Gasteiger partial charge in [-0.3, -0.25) is 4.79 Å². The van der Waals surface area contributed by atoms with E-state index in [9.17, 15) is 4.79 Å². The number of nitrogens with zero attached hydrogens (tertiary/aromatic N) is 1. The average molecular weight is 341 g/mol. The lowest BCUT2D eigenvalue weighted by molar-refractivity contribution is 0.101. The van der Waals surface area contributed by atoms with Crippen LogP contribution in [0.1, 0.15) is 10.4 Å². The van der Waals surface area contributed by atoms with Crippen LogP contribution in [0.3, 0.4) is 0 Å². The fourth-order valence-corrected chi connectivity index (χ4v) is 3.86. The van der Waals surface area contributed by atoms with E-state index in [0.29, 0.717) is 17.1 Å². The van der Waals surface area contributed by atoms with Crippen molar-refractivity contribution < 1.29 is 9.53 Å². The highest BCUT2D eigenvalue weighted by atomic mass is 32.2. The standard InChI is InChI=1S/C18H15NO2S2/c1-21-17-10-6-5-9-14(17)16(20)12-23-18-19-15(11-22-18)13-7-3-2-4-8-13/h2-11H,12H2,1H3. The van der Waals surface area contributed by atoms with Crippen LogP contribution >= 0.6 is 23.1 Å². The third kappa shape index (κ3) is 3.81. The summed E-state index contributed by atoms with van der Waals surface area (Å²) in [4.78, 5) is 16.9. The molecule has 116 valence electrons. The predicted octanol–water partition coefficient (Wildman–Crippen LogP) is 4.79. The molecule has 0 atom stereocenters. The molecule has 0 spiro atoms. The first-order chi connectivity index (χ1) is 11.3. The number of para-hydroxylation sites is 1. The Morgan fingerprint density at radius 3 is 2.65 bits per heavy atom. The zero-order valence-corrected chi connectivity index (χ0v) is 14.2. The number of hydrogen-bond donors (Lipinski definition) is 0. The van der Waals surface area contributed by atoms with Crippen LogP contribution in [0, 0.1) is 0 Å². The van der Waals surface area contributed by atoms with Gasteiger partial charge < -0.3 is 4.74 Å². The number of benzene rings is 2. The van der Waals surface area contributed by atoms with Crippen LogP contribution < -0.4 is 4.74 Å². The molecular weight excluding hydrogens is 326 g/mol. The summed E-state index contributed by atoms with van der Waals surface area (Å²) < 4.78 is 6.13. The van der Waals surface area contributed by atoms with E-state index in [1.807, 2.05) is 47.8 Å². The highest BCUT2D eigenvalue weighted by Crippen LogP contribution is 2.29. The first-order valence-corrected chi connectivity index (χ1v) is 8.94. The number of rotatable bonds is 6. The van der Waals surface area contributed by atoms with Gasteiger partial charge in [-0.15, -0.1) is 11.3 Å². The Kier molecular flexibility index (Phi) is 5.10. The van der Waals surface area contributed by atoms with E-state index in [1.54, 1.807) is 30.6 Å². The van der Waals surface area contributed by atoms with Crippen molar-refractivity contribution in [1.82, 2.24) is 4.98 Å². The Morgan fingerprint density at radius 2 is 1.87 bits per heavy atom. The molecule has 2 aromatic carbocycles.